The van der Waals surface area contributed by atoms with E-state index in [2.05, 4.69) is 35.5 Å². The fourth-order valence-electron chi connectivity index (χ4n) is 3.29. The zero-order valence-corrected chi connectivity index (χ0v) is 15.6. The minimum Gasteiger partial charge on any atom is -0.484 e. The van der Waals surface area contributed by atoms with Crippen molar-refractivity contribution >= 4 is 0 Å². The van der Waals surface area contributed by atoms with Crippen molar-refractivity contribution in [2.24, 2.45) is 11.7 Å². The van der Waals surface area contributed by atoms with Gasteiger partial charge in [-0.1, -0.05) is 24.8 Å². The summed E-state index contributed by atoms with van der Waals surface area (Å²) in [7, 11) is 0. The summed E-state index contributed by atoms with van der Waals surface area (Å²) in [4.78, 5) is 6.71. The SMILES string of the molecule is C=C(/C=C\C(=C/C)CN1CCC(CN)CC1)[C@H]1COc2cccnc2O1. The molecule has 5 nitrogen and oxygen atoms in total. The maximum Gasteiger partial charge on any atom is 0.257 e. The van der Waals surface area contributed by atoms with Crippen molar-refractivity contribution in [2.45, 2.75) is 25.9 Å². The van der Waals surface area contributed by atoms with Crippen LogP contribution in [0.2, 0.25) is 0 Å². The van der Waals surface area contributed by atoms with Gasteiger partial charge < -0.3 is 15.2 Å². The molecule has 26 heavy (non-hydrogen) atoms. The standard InChI is InChI=1S/C21H29N3O2/c1-3-17(14-24-11-8-18(13-22)9-12-24)7-6-16(2)20-15-25-19-5-4-10-23-21(19)26-20/h3-7,10,18,20H,2,8-9,11-15,22H2,1H3/b7-6-,17-3+/t20-/m1/s1. The Kier molecular flexibility index (Phi) is 6.47. The summed E-state index contributed by atoms with van der Waals surface area (Å²) in [5, 5.41) is 0. The van der Waals surface area contributed by atoms with Crippen LogP contribution in [0.5, 0.6) is 11.6 Å². The van der Waals surface area contributed by atoms with E-state index in [1.807, 2.05) is 18.2 Å². The summed E-state index contributed by atoms with van der Waals surface area (Å²) in [6.45, 7) is 10.7. The number of aromatic nitrogens is 1. The van der Waals surface area contributed by atoms with Gasteiger partial charge in [-0.15, -0.1) is 0 Å². The average Bonchev–Trinajstić information content (AvgIpc) is 2.70. The first-order valence-electron chi connectivity index (χ1n) is 9.38. The number of pyridine rings is 1. The third-order valence-electron chi connectivity index (χ3n) is 5.12. The molecule has 1 atom stereocenters. The number of hydrogen-bond acceptors (Lipinski definition) is 5. The first kappa shape index (κ1) is 18.7. The molecule has 0 aromatic carbocycles. The fourth-order valence-corrected chi connectivity index (χ4v) is 3.29. The van der Waals surface area contributed by atoms with Crippen LogP contribution < -0.4 is 15.2 Å². The number of likely N-dealkylation sites (tertiary alicyclic amines) is 1. The van der Waals surface area contributed by atoms with E-state index in [9.17, 15) is 0 Å². The molecule has 1 aromatic heterocycles. The van der Waals surface area contributed by atoms with Gasteiger partial charge in [0.15, 0.2) is 11.9 Å². The predicted octanol–water partition coefficient (Wildman–Crippen LogP) is 2.95. The normalized spacial score (nSPS) is 21.9. The van der Waals surface area contributed by atoms with E-state index in [0.717, 1.165) is 31.8 Å². The Hall–Kier alpha value is -2.11. The number of ether oxygens (including phenoxy) is 2. The van der Waals surface area contributed by atoms with Crippen LogP contribution in [-0.4, -0.2) is 48.8 Å². The quantitative estimate of drug-likeness (QED) is 0.795. The van der Waals surface area contributed by atoms with Crippen molar-refractivity contribution in [1.82, 2.24) is 9.88 Å². The zero-order chi connectivity index (χ0) is 18.4. The number of piperidine rings is 1. The molecular weight excluding hydrogens is 326 g/mol. The molecule has 2 N–H and O–H groups in total. The largest absolute Gasteiger partial charge is 0.484 e. The summed E-state index contributed by atoms with van der Waals surface area (Å²) < 4.78 is 11.6. The Bertz CT molecular complexity index is 676. The lowest BCUT2D eigenvalue weighted by Gasteiger charge is -2.31. The van der Waals surface area contributed by atoms with Gasteiger partial charge in [0.1, 0.15) is 6.61 Å². The fraction of sp³-hybridized carbons (Fsp3) is 0.476. The molecule has 140 valence electrons. The number of fused-ring (bicyclic) bond motifs is 1. The Balaban J connectivity index is 1.52. The molecule has 1 fully saturated rings. The molecule has 0 radical (unpaired) electrons. The van der Waals surface area contributed by atoms with Crippen LogP contribution >= 0.6 is 0 Å². The maximum absolute atomic E-state index is 5.91. The molecule has 0 amide bonds. The van der Waals surface area contributed by atoms with Crippen molar-refractivity contribution in [1.29, 1.82) is 0 Å². The number of nitrogens with two attached hydrogens (primary N) is 1. The van der Waals surface area contributed by atoms with Crippen LogP contribution in [0.3, 0.4) is 0 Å². The van der Waals surface area contributed by atoms with Crippen LogP contribution in [0.1, 0.15) is 19.8 Å². The molecule has 2 aliphatic rings. The van der Waals surface area contributed by atoms with Crippen molar-refractivity contribution in [3.63, 3.8) is 0 Å². The highest BCUT2D eigenvalue weighted by Gasteiger charge is 2.23. The van der Waals surface area contributed by atoms with Gasteiger partial charge in [0.05, 0.1) is 0 Å². The zero-order valence-electron chi connectivity index (χ0n) is 15.6. The van der Waals surface area contributed by atoms with Gasteiger partial charge in [0.2, 0.25) is 0 Å². The third-order valence-corrected chi connectivity index (χ3v) is 5.12. The number of nitrogens with zero attached hydrogens (tertiary/aromatic N) is 2. The molecule has 1 saturated heterocycles. The molecule has 3 heterocycles. The molecular formula is C21H29N3O2. The highest BCUT2D eigenvalue weighted by molar-refractivity contribution is 5.37. The molecule has 3 rings (SSSR count). The van der Waals surface area contributed by atoms with Gasteiger partial charge in [-0.05, 0) is 68.6 Å². The highest BCUT2D eigenvalue weighted by atomic mass is 16.6. The second-order valence-corrected chi connectivity index (χ2v) is 6.95. The lowest BCUT2D eigenvalue weighted by atomic mass is 9.96. The van der Waals surface area contributed by atoms with Crippen molar-refractivity contribution in [3.05, 3.63) is 54.3 Å². The van der Waals surface area contributed by atoms with Crippen molar-refractivity contribution < 1.29 is 9.47 Å². The molecule has 0 saturated carbocycles. The van der Waals surface area contributed by atoms with Gasteiger partial charge in [0.25, 0.3) is 5.88 Å². The lowest BCUT2D eigenvalue weighted by Crippen LogP contribution is -2.37. The Morgan fingerprint density at radius 3 is 2.92 bits per heavy atom. The van der Waals surface area contributed by atoms with Crippen LogP contribution in [0, 0.1) is 5.92 Å². The molecule has 0 aliphatic carbocycles. The van der Waals surface area contributed by atoms with E-state index in [0.29, 0.717) is 24.2 Å². The Morgan fingerprint density at radius 2 is 2.19 bits per heavy atom. The summed E-state index contributed by atoms with van der Waals surface area (Å²) in [5.74, 6) is 1.92. The van der Waals surface area contributed by atoms with Crippen LogP contribution in [0.15, 0.2) is 54.3 Å². The van der Waals surface area contributed by atoms with E-state index in [1.165, 1.54) is 18.4 Å². The van der Waals surface area contributed by atoms with Crippen LogP contribution in [0.4, 0.5) is 0 Å². The molecule has 2 aliphatic heterocycles. The van der Waals surface area contributed by atoms with E-state index >= 15 is 0 Å². The molecule has 1 aromatic rings. The van der Waals surface area contributed by atoms with Gasteiger partial charge in [0, 0.05) is 12.7 Å². The van der Waals surface area contributed by atoms with Gasteiger partial charge in [-0.3, -0.25) is 4.90 Å². The Morgan fingerprint density at radius 1 is 1.38 bits per heavy atom. The van der Waals surface area contributed by atoms with E-state index in [4.69, 9.17) is 15.2 Å². The maximum atomic E-state index is 5.91. The predicted molar refractivity (Wildman–Crippen MR) is 104 cm³/mol. The summed E-state index contributed by atoms with van der Waals surface area (Å²) >= 11 is 0. The average molecular weight is 355 g/mol. The van der Waals surface area contributed by atoms with Crippen LogP contribution in [-0.2, 0) is 0 Å². The van der Waals surface area contributed by atoms with E-state index in [-0.39, 0.29) is 6.10 Å². The van der Waals surface area contributed by atoms with E-state index in [1.54, 1.807) is 6.20 Å². The third kappa shape index (κ3) is 4.74. The summed E-state index contributed by atoms with van der Waals surface area (Å²) in [6.07, 6.45) is 10.2. The van der Waals surface area contributed by atoms with Crippen molar-refractivity contribution in [3.8, 4) is 11.6 Å². The minimum atomic E-state index is -0.202. The summed E-state index contributed by atoms with van der Waals surface area (Å²) in [5.41, 5.74) is 7.96. The van der Waals surface area contributed by atoms with Crippen LogP contribution in [0.25, 0.3) is 0 Å². The lowest BCUT2D eigenvalue weighted by molar-refractivity contribution is 0.111. The Labute approximate surface area is 156 Å². The first-order chi connectivity index (χ1) is 12.7. The topological polar surface area (TPSA) is 60.6 Å². The molecule has 0 spiro atoms. The first-order valence-corrected chi connectivity index (χ1v) is 9.38. The number of allylic oxidation sites excluding steroid dienone is 1. The number of rotatable bonds is 6. The monoisotopic (exact) mass is 355 g/mol. The highest BCUT2D eigenvalue weighted by Crippen LogP contribution is 2.30. The summed E-state index contributed by atoms with van der Waals surface area (Å²) in [6, 6.07) is 3.70. The minimum absolute atomic E-state index is 0.202. The van der Waals surface area contributed by atoms with E-state index < -0.39 is 0 Å². The number of hydrogen-bond donors (Lipinski definition) is 1. The van der Waals surface area contributed by atoms with Gasteiger partial charge >= 0.3 is 0 Å². The van der Waals surface area contributed by atoms with Gasteiger partial charge in [-0.25, -0.2) is 4.98 Å². The van der Waals surface area contributed by atoms with Crippen molar-refractivity contribution in [2.75, 3.05) is 32.8 Å². The molecule has 5 heteroatoms. The molecule has 0 unspecified atom stereocenters. The second-order valence-electron chi connectivity index (χ2n) is 6.95. The molecule has 0 bridgehead atoms. The van der Waals surface area contributed by atoms with Gasteiger partial charge in [-0.2, -0.15) is 0 Å². The smallest absolute Gasteiger partial charge is 0.257 e. The second kappa shape index (κ2) is 9.01.